The molecular weight excluding hydrogens is 487 g/mol. The smallest absolute Gasteiger partial charge is 0.256 e. The number of nitrogens with zero attached hydrogens (tertiary/aromatic N) is 1. The summed E-state index contributed by atoms with van der Waals surface area (Å²) in [5, 5.41) is 7.20. The fourth-order valence-electron chi connectivity index (χ4n) is 5.58. The van der Waals surface area contributed by atoms with Gasteiger partial charge in [0.05, 0.1) is 23.0 Å². The monoisotopic (exact) mass is 516 g/mol. The number of hydrogen-bond donors (Lipinski definition) is 1. The molecule has 6 rings (SSSR count). The van der Waals surface area contributed by atoms with Crippen molar-refractivity contribution in [3.8, 4) is 0 Å². The zero-order chi connectivity index (χ0) is 26.1. The molecular formula is C33H29N2O2P. The number of benzene rings is 5. The summed E-state index contributed by atoms with van der Waals surface area (Å²) in [5.74, 6) is -0.223. The van der Waals surface area contributed by atoms with Crippen LogP contribution in [0, 0.1) is 0 Å². The fourth-order valence-corrected chi connectivity index (χ4v) is 5.95. The van der Waals surface area contributed by atoms with Gasteiger partial charge in [0.2, 0.25) is 5.91 Å². The lowest BCUT2D eigenvalue weighted by molar-refractivity contribution is -0.115. The first kappa shape index (κ1) is 24.3. The molecule has 1 aliphatic rings. The number of fused-ring (bicyclic) bond motifs is 2. The Bertz CT molecular complexity index is 1640. The summed E-state index contributed by atoms with van der Waals surface area (Å²) in [6.07, 6.45) is 1.88. The van der Waals surface area contributed by atoms with Crippen LogP contribution in [-0.2, 0) is 4.79 Å². The molecule has 0 aliphatic carbocycles. The van der Waals surface area contributed by atoms with Crippen LogP contribution in [0.2, 0.25) is 0 Å². The Morgan fingerprint density at radius 2 is 1.45 bits per heavy atom. The van der Waals surface area contributed by atoms with Gasteiger partial charge in [-0.2, -0.15) is 0 Å². The summed E-state index contributed by atoms with van der Waals surface area (Å²) in [6.45, 7) is 0.695. The van der Waals surface area contributed by atoms with Crippen molar-refractivity contribution in [1.82, 2.24) is 4.90 Å². The van der Waals surface area contributed by atoms with Crippen LogP contribution in [0.5, 0.6) is 0 Å². The average Bonchev–Trinajstić information content (AvgIpc) is 3.46. The summed E-state index contributed by atoms with van der Waals surface area (Å²) >= 11 is 0. The van der Waals surface area contributed by atoms with Gasteiger partial charge in [-0.25, -0.2) is 0 Å². The molecule has 0 bridgehead atoms. The Labute approximate surface area is 224 Å². The van der Waals surface area contributed by atoms with Crippen LogP contribution < -0.4 is 5.32 Å². The van der Waals surface area contributed by atoms with Crippen molar-refractivity contribution < 1.29 is 9.59 Å². The minimum absolute atomic E-state index is 0.0314. The lowest BCUT2D eigenvalue weighted by atomic mass is 10.00. The maximum atomic E-state index is 14.1. The second-order valence-electron chi connectivity index (χ2n) is 9.85. The molecule has 5 heteroatoms. The number of nitrogens with one attached hydrogen (secondary N) is 1. The van der Waals surface area contributed by atoms with E-state index >= 15 is 0 Å². The highest BCUT2D eigenvalue weighted by molar-refractivity contribution is 7.19. The number of carbonyl (C=O) groups is 2. The van der Waals surface area contributed by atoms with Crippen molar-refractivity contribution in [2.75, 3.05) is 11.9 Å². The second-order valence-corrected chi connectivity index (χ2v) is 10.5. The lowest BCUT2D eigenvalue weighted by Gasteiger charge is -2.26. The van der Waals surface area contributed by atoms with Crippen LogP contribution in [0.25, 0.3) is 21.5 Å². The minimum atomic E-state index is -0.473. The number of amides is 2. The molecule has 3 unspecified atom stereocenters. The van der Waals surface area contributed by atoms with E-state index in [0.29, 0.717) is 17.8 Å². The number of carbonyl (C=O) groups excluding carboxylic acids is 2. The summed E-state index contributed by atoms with van der Waals surface area (Å²) < 4.78 is 0. The van der Waals surface area contributed by atoms with E-state index in [1.807, 2.05) is 102 Å². The van der Waals surface area contributed by atoms with Gasteiger partial charge in [-0.3, -0.25) is 9.59 Å². The molecule has 4 nitrogen and oxygen atoms in total. The van der Waals surface area contributed by atoms with Crippen molar-refractivity contribution in [3.05, 3.63) is 126 Å². The van der Waals surface area contributed by atoms with Crippen LogP contribution >= 0.6 is 9.24 Å². The second kappa shape index (κ2) is 10.4. The van der Waals surface area contributed by atoms with Crippen LogP contribution in [0.3, 0.4) is 0 Å². The van der Waals surface area contributed by atoms with Crippen molar-refractivity contribution in [2.24, 2.45) is 0 Å². The van der Waals surface area contributed by atoms with E-state index in [1.165, 1.54) is 0 Å². The molecule has 2 amide bonds. The molecule has 3 atom stereocenters. The molecule has 0 saturated carbocycles. The normalized spacial score (nSPS) is 16.0. The number of likely N-dealkylation sites (tertiary alicyclic amines) is 1. The quantitative estimate of drug-likeness (QED) is 0.246. The van der Waals surface area contributed by atoms with Crippen LogP contribution in [0.15, 0.2) is 109 Å². The Morgan fingerprint density at radius 1 is 0.789 bits per heavy atom. The highest BCUT2D eigenvalue weighted by Gasteiger charge is 2.32. The van der Waals surface area contributed by atoms with Gasteiger partial charge in [-0.1, -0.05) is 97.1 Å². The predicted molar refractivity (Wildman–Crippen MR) is 158 cm³/mol. The van der Waals surface area contributed by atoms with E-state index in [0.717, 1.165) is 45.5 Å². The van der Waals surface area contributed by atoms with Gasteiger partial charge in [0, 0.05) is 6.54 Å². The first-order valence-corrected chi connectivity index (χ1v) is 13.7. The summed E-state index contributed by atoms with van der Waals surface area (Å²) in [6, 6.07) is 36.1. The molecule has 38 heavy (non-hydrogen) atoms. The van der Waals surface area contributed by atoms with Gasteiger partial charge in [-0.15, -0.1) is 9.24 Å². The number of anilines is 1. The molecule has 188 valence electrons. The third-order valence-corrected chi connectivity index (χ3v) is 8.17. The summed E-state index contributed by atoms with van der Waals surface area (Å²) in [4.78, 5) is 29.6. The molecule has 5 aromatic rings. The highest BCUT2D eigenvalue weighted by atomic mass is 31.0. The standard InChI is InChI=1S/C33H29N2O2P/c36-32(31(38)27-17-8-15-22-10-6-7-16-26(22)27)34-29-21-25-14-5-4-13-24(25)20-28(29)33(37)35-19-9-18-30(35)23-11-2-1-3-12-23/h1-8,10-17,20-21,30-31H,9,18-19,38H2,(H,34,36). The first-order chi connectivity index (χ1) is 18.6. The molecule has 1 N–H and O–H groups in total. The van der Waals surface area contributed by atoms with Crippen molar-refractivity contribution in [1.29, 1.82) is 0 Å². The molecule has 5 aromatic carbocycles. The van der Waals surface area contributed by atoms with Gasteiger partial charge in [0.1, 0.15) is 0 Å². The number of rotatable bonds is 5. The number of hydrogen-bond acceptors (Lipinski definition) is 2. The molecule has 1 aliphatic heterocycles. The lowest BCUT2D eigenvalue weighted by Crippen LogP contribution is -2.31. The van der Waals surface area contributed by atoms with Gasteiger partial charge in [0.25, 0.3) is 5.91 Å². The third kappa shape index (κ3) is 4.57. The molecule has 1 saturated heterocycles. The van der Waals surface area contributed by atoms with Crippen molar-refractivity contribution in [3.63, 3.8) is 0 Å². The van der Waals surface area contributed by atoms with Gasteiger partial charge < -0.3 is 10.2 Å². The van der Waals surface area contributed by atoms with E-state index in [4.69, 9.17) is 0 Å². The van der Waals surface area contributed by atoms with Gasteiger partial charge in [-0.05, 0) is 57.6 Å². The van der Waals surface area contributed by atoms with Crippen molar-refractivity contribution >= 4 is 48.3 Å². The molecule has 0 radical (unpaired) electrons. The van der Waals surface area contributed by atoms with Crippen molar-refractivity contribution in [2.45, 2.75) is 24.5 Å². The largest absolute Gasteiger partial charge is 0.332 e. The topological polar surface area (TPSA) is 49.4 Å². The molecule has 0 spiro atoms. The Kier molecular flexibility index (Phi) is 6.66. The Hall–Kier alpha value is -4.01. The Morgan fingerprint density at radius 3 is 2.24 bits per heavy atom. The molecule has 1 fully saturated rings. The van der Waals surface area contributed by atoms with Gasteiger partial charge in [0.15, 0.2) is 0 Å². The van der Waals surface area contributed by atoms with E-state index in [9.17, 15) is 9.59 Å². The van der Waals surface area contributed by atoms with E-state index in [2.05, 4.69) is 26.7 Å². The van der Waals surface area contributed by atoms with E-state index < -0.39 is 5.66 Å². The maximum Gasteiger partial charge on any atom is 0.256 e. The average molecular weight is 517 g/mol. The summed E-state index contributed by atoms with van der Waals surface area (Å²) in [7, 11) is 2.69. The highest BCUT2D eigenvalue weighted by Crippen LogP contribution is 2.36. The first-order valence-electron chi connectivity index (χ1n) is 13.0. The van der Waals surface area contributed by atoms with Crippen LogP contribution in [-0.4, -0.2) is 23.3 Å². The van der Waals surface area contributed by atoms with Gasteiger partial charge >= 0.3 is 0 Å². The maximum absolute atomic E-state index is 14.1. The SMILES string of the molecule is O=C(Nc1cc2ccccc2cc1C(=O)N1CCCC1c1ccccc1)C(P)c1cccc2ccccc12. The third-order valence-electron chi connectivity index (χ3n) is 7.51. The van der Waals surface area contributed by atoms with E-state index in [1.54, 1.807) is 0 Å². The van der Waals surface area contributed by atoms with Crippen LogP contribution in [0.4, 0.5) is 5.69 Å². The predicted octanol–water partition coefficient (Wildman–Crippen LogP) is 7.53. The Balaban J connectivity index is 1.36. The minimum Gasteiger partial charge on any atom is -0.332 e. The molecule has 1 heterocycles. The van der Waals surface area contributed by atoms with Crippen LogP contribution in [0.1, 0.15) is 46.0 Å². The van der Waals surface area contributed by atoms with E-state index in [-0.39, 0.29) is 17.9 Å². The molecule has 0 aromatic heterocycles. The zero-order valence-corrected chi connectivity index (χ0v) is 22.2. The fraction of sp³-hybridized carbons (Fsp3) is 0.152. The summed E-state index contributed by atoms with van der Waals surface area (Å²) in [5.41, 5.74) is 2.67. The zero-order valence-electron chi connectivity index (χ0n) is 21.0.